The van der Waals surface area contributed by atoms with Gasteiger partial charge >= 0.3 is 0 Å². The normalized spacial score (nSPS) is 11.0. The van der Waals surface area contributed by atoms with E-state index in [-0.39, 0.29) is 0 Å². The Hall–Kier alpha value is -2.37. The van der Waals surface area contributed by atoms with Crippen molar-refractivity contribution >= 4 is 16.7 Å². The van der Waals surface area contributed by atoms with Gasteiger partial charge in [0.25, 0.3) is 0 Å². The van der Waals surface area contributed by atoms with Crippen LogP contribution in [0.3, 0.4) is 0 Å². The van der Waals surface area contributed by atoms with Crippen molar-refractivity contribution in [2.24, 2.45) is 0 Å². The van der Waals surface area contributed by atoms with Gasteiger partial charge in [-0.1, -0.05) is 5.16 Å². The highest BCUT2D eigenvalue weighted by molar-refractivity contribution is 5.78. The number of aromatic nitrogens is 4. The minimum absolute atomic E-state index is 0.539. The zero-order valence-corrected chi connectivity index (χ0v) is 8.37. The van der Waals surface area contributed by atoms with Crippen LogP contribution in [0, 0.1) is 0 Å². The van der Waals surface area contributed by atoms with Crippen LogP contribution in [0.5, 0.6) is 0 Å². The molecule has 0 unspecified atom stereocenters. The van der Waals surface area contributed by atoms with Gasteiger partial charge in [0.15, 0.2) is 5.82 Å². The van der Waals surface area contributed by atoms with Crippen molar-refractivity contribution in [3.8, 4) is 0 Å². The summed E-state index contributed by atoms with van der Waals surface area (Å²) in [4.78, 5) is 8.22. The molecule has 2 aromatic heterocycles. The number of nitrogen functional groups attached to an aromatic ring is 1. The first kappa shape index (κ1) is 8.90. The summed E-state index contributed by atoms with van der Waals surface area (Å²) in [6, 6.07) is 5.61. The quantitative estimate of drug-likeness (QED) is 0.646. The average molecular weight is 215 g/mol. The van der Waals surface area contributed by atoms with Gasteiger partial charge in [0, 0.05) is 5.69 Å². The number of anilines is 1. The molecule has 2 N–H and O–H groups in total. The van der Waals surface area contributed by atoms with Gasteiger partial charge in [0.2, 0.25) is 6.39 Å². The molecule has 6 nitrogen and oxygen atoms in total. The van der Waals surface area contributed by atoms with Crippen LogP contribution < -0.4 is 5.73 Å². The molecule has 3 rings (SSSR count). The Labute approximate surface area is 90.7 Å². The van der Waals surface area contributed by atoms with Crippen LogP contribution in [0.25, 0.3) is 11.0 Å². The summed E-state index contributed by atoms with van der Waals surface area (Å²) >= 11 is 0. The maximum Gasteiger partial charge on any atom is 0.213 e. The van der Waals surface area contributed by atoms with Gasteiger partial charge < -0.3 is 14.8 Å². The Balaban J connectivity index is 2.04. The maximum atomic E-state index is 5.68. The van der Waals surface area contributed by atoms with Crippen molar-refractivity contribution in [1.82, 2.24) is 19.7 Å². The van der Waals surface area contributed by atoms with Crippen molar-refractivity contribution in [1.29, 1.82) is 0 Å². The summed E-state index contributed by atoms with van der Waals surface area (Å²) in [6.07, 6.45) is 3.05. The fraction of sp³-hybridized carbons (Fsp3) is 0.100. The van der Waals surface area contributed by atoms with Gasteiger partial charge in [-0.05, 0) is 18.2 Å². The second-order valence-electron chi connectivity index (χ2n) is 3.47. The zero-order valence-electron chi connectivity index (χ0n) is 8.37. The van der Waals surface area contributed by atoms with Crippen molar-refractivity contribution in [2.75, 3.05) is 5.73 Å². The van der Waals surface area contributed by atoms with E-state index < -0.39 is 0 Å². The minimum Gasteiger partial charge on any atom is -0.399 e. The van der Waals surface area contributed by atoms with Gasteiger partial charge in [-0.3, -0.25) is 0 Å². The van der Waals surface area contributed by atoms with Crippen LogP contribution in [0.4, 0.5) is 5.69 Å². The second kappa shape index (κ2) is 3.34. The van der Waals surface area contributed by atoms with E-state index >= 15 is 0 Å². The molecule has 0 atom stereocenters. The Kier molecular flexibility index (Phi) is 1.86. The smallest absolute Gasteiger partial charge is 0.213 e. The summed E-state index contributed by atoms with van der Waals surface area (Å²) in [5, 5.41) is 3.76. The van der Waals surface area contributed by atoms with E-state index in [4.69, 9.17) is 5.73 Å². The van der Waals surface area contributed by atoms with E-state index in [1.54, 1.807) is 6.33 Å². The van der Waals surface area contributed by atoms with E-state index in [1.165, 1.54) is 6.39 Å². The fourth-order valence-corrected chi connectivity index (χ4v) is 1.62. The third-order valence-corrected chi connectivity index (χ3v) is 2.36. The predicted molar refractivity (Wildman–Crippen MR) is 57.5 cm³/mol. The summed E-state index contributed by atoms with van der Waals surface area (Å²) in [6.45, 7) is 0.539. The van der Waals surface area contributed by atoms with Crippen molar-refractivity contribution < 1.29 is 4.52 Å². The fourth-order valence-electron chi connectivity index (χ4n) is 1.62. The summed E-state index contributed by atoms with van der Waals surface area (Å²) in [5.74, 6) is 0.621. The molecule has 80 valence electrons. The molecule has 0 radical (unpaired) electrons. The van der Waals surface area contributed by atoms with Crippen molar-refractivity contribution in [3.63, 3.8) is 0 Å². The molecular formula is C10H9N5O. The standard InChI is InChI=1S/C10H9N5O/c11-7-1-2-9-8(3-7)12-5-15(9)4-10-13-6-16-14-10/h1-3,5-6H,4,11H2. The Morgan fingerprint density at radius 1 is 1.31 bits per heavy atom. The Morgan fingerprint density at radius 2 is 2.25 bits per heavy atom. The number of fused-ring (bicyclic) bond motifs is 1. The molecule has 0 aliphatic carbocycles. The number of imidazole rings is 1. The van der Waals surface area contributed by atoms with Crippen LogP contribution in [-0.4, -0.2) is 19.7 Å². The third-order valence-electron chi connectivity index (χ3n) is 2.36. The highest BCUT2D eigenvalue weighted by Crippen LogP contribution is 2.16. The first-order valence-corrected chi connectivity index (χ1v) is 4.78. The van der Waals surface area contributed by atoms with Crippen LogP contribution in [0.15, 0.2) is 35.4 Å². The minimum atomic E-state index is 0.539. The van der Waals surface area contributed by atoms with Crippen LogP contribution in [-0.2, 0) is 6.54 Å². The van der Waals surface area contributed by atoms with Crippen LogP contribution in [0.2, 0.25) is 0 Å². The van der Waals surface area contributed by atoms with Gasteiger partial charge in [-0.15, -0.1) is 0 Å². The maximum absolute atomic E-state index is 5.68. The predicted octanol–water partition coefficient (Wildman–Crippen LogP) is 1.05. The SMILES string of the molecule is Nc1ccc2c(c1)ncn2Cc1ncon1. The van der Waals surface area contributed by atoms with E-state index in [0.29, 0.717) is 18.1 Å². The van der Waals surface area contributed by atoms with E-state index in [1.807, 2.05) is 22.8 Å². The molecule has 0 amide bonds. The van der Waals surface area contributed by atoms with Gasteiger partial charge in [0.1, 0.15) is 0 Å². The molecular weight excluding hydrogens is 206 g/mol. The highest BCUT2D eigenvalue weighted by Gasteiger charge is 2.05. The Bertz CT molecular complexity index is 613. The topological polar surface area (TPSA) is 82.8 Å². The average Bonchev–Trinajstić information content (AvgIpc) is 2.89. The lowest BCUT2D eigenvalue weighted by molar-refractivity contribution is 0.408. The first-order valence-electron chi connectivity index (χ1n) is 4.78. The summed E-state index contributed by atoms with van der Waals surface area (Å²) in [7, 11) is 0. The van der Waals surface area contributed by atoms with Crippen molar-refractivity contribution in [2.45, 2.75) is 6.54 Å². The van der Waals surface area contributed by atoms with Gasteiger partial charge in [-0.2, -0.15) is 4.98 Å². The number of hydrogen-bond donors (Lipinski definition) is 1. The number of nitrogens with zero attached hydrogens (tertiary/aromatic N) is 4. The molecule has 1 aromatic carbocycles. The lowest BCUT2D eigenvalue weighted by Gasteiger charge is -1.99. The zero-order chi connectivity index (χ0) is 11.0. The lowest BCUT2D eigenvalue weighted by Crippen LogP contribution is -1.99. The largest absolute Gasteiger partial charge is 0.399 e. The number of rotatable bonds is 2. The molecule has 3 aromatic rings. The number of benzene rings is 1. The molecule has 0 saturated carbocycles. The summed E-state index contributed by atoms with van der Waals surface area (Å²) < 4.78 is 6.62. The van der Waals surface area contributed by atoms with Crippen molar-refractivity contribution in [3.05, 3.63) is 36.7 Å². The third kappa shape index (κ3) is 1.40. The Morgan fingerprint density at radius 3 is 3.06 bits per heavy atom. The molecule has 16 heavy (non-hydrogen) atoms. The number of nitrogens with two attached hydrogens (primary N) is 1. The molecule has 0 saturated heterocycles. The van der Waals surface area contributed by atoms with E-state index in [2.05, 4.69) is 19.6 Å². The molecule has 0 aliphatic heterocycles. The van der Waals surface area contributed by atoms with Gasteiger partial charge in [0.05, 0.1) is 23.9 Å². The molecule has 0 aliphatic rings. The van der Waals surface area contributed by atoms with Crippen LogP contribution >= 0.6 is 0 Å². The molecule has 0 fully saturated rings. The van der Waals surface area contributed by atoms with E-state index in [9.17, 15) is 0 Å². The van der Waals surface area contributed by atoms with Crippen LogP contribution in [0.1, 0.15) is 5.82 Å². The lowest BCUT2D eigenvalue weighted by atomic mass is 10.3. The molecule has 6 heteroatoms. The highest BCUT2D eigenvalue weighted by atomic mass is 16.5. The monoisotopic (exact) mass is 215 g/mol. The first-order chi connectivity index (χ1) is 7.83. The summed E-state index contributed by atoms with van der Waals surface area (Å²) in [5.41, 5.74) is 8.25. The number of hydrogen-bond acceptors (Lipinski definition) is 5. The van der Waals surface area contributed by atoms with E-state index in [0.717, 1.165) is 11.0 Å². The second-order valence-corrected chi connectivity index (χ2v) is 3.47. The molecule has 0 bridgehead atoms. The molecule has 0 spiro atoms. The van der Waals surface area contributed by atoms with Gasteiger partial charge in [-0.25, -0.2) is 4.98 Å². The molecule has 2 heterocycles.